The van der Waals surface area contributed by atoms with Crippen molar-refractivity contribution in [2.24, 2.45) is 0 Å². The minimum absolute atomic E-state index is 0.156. The number of pyridine rings is 1. The number of halogens is 3. The SMILES string of the molecule is Nc1nc(C(F)(F)F)nc2ccc(Cc3ccccn3)c(-c3ccccc3)c12. The fourth-order valence-corrected chi connectivity index (χ4v) is 3.20. The summed E-state index contributed by atoms with van der Waals surface area (Å²) < 4.78 is 39.3. The summed E-state index contributed by atoms with van der Waals surface area (Å²) in [4.78, 5) is 11.6. The highest BCUT2D eigenvalue weighted by molar-refractivity contribution is 6.02. The van der Waals surface area contributed by atoms with E-state index in [9.17, 15) is 13.2 Å². The molecule has 0 aliphatic rings. The third kappa shape index (κ3) is 3.38. The second kappa shape index (κ2) is 6.92. The standard InChI is InChI=1S/C21H15F3N4/c22-21(23,24)20-27-16-10-9-14(12-15-8-4-5-11-26-15)17(18(16)19(25)28-20)13-6-2-1-3-7-13/h1-11H,12H2,(H2,25,27,28). The lowest BCUT2D eigenvalue weighted by Crippen LogP contribution is -2.13. The van der Waals surface area contributed by atoms with Crippen LogP contribution < -0.4 is 5.73 Å². The maximum absolute atomic E-state index is 13.1. The highest BCUT2D eigenvalue weighted by Crippen LogP contribution is 2.37. The Balaban J connectivity index is 1.98. The molecule has 0 atom stereocenters. The van der Waals surface area contributed by atoms with Crippen LogP contribution in [0.25, 0.3) is 22.0 Å². The van der Waals surface area contributed by atoms with Gasteiger partial charge in [0.05, 0.1) is 10.9 Å². The number of nitrogens with zero attached hydrogens (tertiary/aromatic N) is 3. The van der Waals surface area contributed by atoms with E-state index < -0.39 is 12.0 Å². The summed E-state index contributed by atoms with van der Waals surface area (Å²) >= 11 is 0. The largest absolute Gasteiger partial charge is 0.451 e. The maximum atomic E-state index is 13.1. The summed E-state index contributed by atoms with van der Waals surface area (Å²) in [5.41, 5.74) is 9.41. The molecular weight excluding hydrogens is 365 g/mol. The van der Waals surface area contributed by atoms with Gasteiger partial charge in [0.25, 0.3) is 0 Å². The Kier molecular flexibility index (Phi) is 4.43. The van der Waals surface area contributed by atoms with Crippen molar-refractivity contribution in [1.29, 1.82) is 0 Å². The molecule has 0 radical (unpaired) electrons. The average molecular weight is 380 g/mol. The zero-order chi connectivity index (χ0) is 19.7. The van der Waals surface area contributed by atoms with Gasteiger partial charge in [-0.25, -0.2) is 9.97 Å². The molecule has 140 valence electrons. The molecule has 0 amide bonds. The van der Waals surface area contributed by atoms with Gasteiger partial charge in [0.1, 0.15) is 5.82 Å². The Morgan fingerprint density at radius 2 is 1.61 bits per heavy atom. The van der Waals surface area contributed by atoms with Crippen molar-refractivity contribution in [2.45, 2.75) is 12.6 Å². The Labute approximate surface area is 158 Å². The normalized spacial score (nSPS) is 11.7. The first kappa shape index (κ1) is 17.9. The predicted octanol–water partition coefficient (Wildman–Crippen LogP) is 4.88. The number of nitrogen functional groups attached to an aromatic ring is 1. The Bertz CT molecular complexity index is 1130. The van der Waals surface area contributed by atoms with Gasteiger partial charge in [-0.05, 0) is 34.9 Å². The van der Waals surface area contributed by atoms with Gasteiger partial charge in [0.2, 0.25) is 5.82 Å². The van der Waals surface area contributed by atoms with Gasteiger partial charge in [-0.15, -0.1) is 0 Å². The summed E-state index contributed by atoms with van der Waals surface area (Å²) in [6, 6.07) is 18.3. The molecule has 28 heavy (non-hydrogen) atoms. The van der Waals surface area contributed by atoms with Gasteiger partial charge in [-0.1, -0.05) is 42.5 Å². The molecule has 0 spiro atoms. The lowest BCUT2D eigenvalue weighted by Gasteiger charge is -2.16. The summed E-state index contributed by atoms with van der Waals surface area (Å²) in [6.07, 6.45) is -2.46. The van der Waals surface area contributed by atoms with Crippen LogP contribution in [0.2, 0.25) is 0 Å². The average Bonchev–Trinajstić information content (AvgIpc) is 2.69. The zero-order valence-electron chi connectivity index (χ0n) is 14.6. The lowest BCUT2D eigenvalue weighted by molar-refractivity contribution is -0.144. The van der Waals surface area contributed by atoms with Crippen LogP contribution in [0.4, 0.5) is 19.0 Å². The molecule has 2 aromatic carbocycles. The highest BCUT2D eigenvalue weighted by Gasteiger charge is 2.35. The number of alkyl halides is 3. The van der Waals surface area contributed by atoms with Crippen molar-refractivity contribution >= 4 is 16.7 Å². The first-order chi connectivity index (χ1) is 13.4. The fourth-order valence-electron chi connectivity index (χ4n) is 3.20. The molecule has 0 aliphatic heterocycles. The van der Waals surface area contributed by atoms with E-state index in [4.69, 9.17) is 5.73 Å². The molecule has 0 aliphatic carbocycles. The van der Waals surface area contributed by atoms with Crippen LogP contribution >= 0.6 is 0 Å². The monoisotopic (exact) mass is 380 g/mol. The molecule has 7 heteroatoms. The van der Waals surface area contributed by atoms with E-state index in [1.807, 2.05) is 48.5 Å². The van der Waals surface area contributed by atoms with Crippen molar-refractivity contribution in [2.75, 3.05) is 5.73 Å². The van der Waals surface area contributed by atoms with E-state index >= 15 is 0 Å². The minimum atomic E-state index is -4.66. The molecule has 0 fully saturated rings. The molecule has 4 nitrogen and oxygen atoms in total. The number of hydrogen-bond donors (Lipinski definition) is 1. The van der Waals surface area contributed by atoms with E-state index in [-0.39, 0.29) is 11.3 Å². The molecule has 4 rings (SSSR count). The summed E-state index contributed by atoms with van der Waals surface area (Å²) in [5.74, 6) is -1.44. The van der Waals surface area contributed by atoms with Gasteiger partial charge >= 0.3 is 6.18 Å². The van der Waals surface area contributed by atoms with Crippen LogP contribution in [0.1, 0.15) is 17.1 Å². The second-order valence-electron chi connectivity index (χ2n) is 6.29. The molecular formula is C21H15F3N4. The number of nitrogens with two attached hydrogens (primary N) is 1. The second-order valence-corrected chi connectivity index (χ2v) is 6.29. The minimum Gasteiger partial charge on any atom is -0.383 e. The van der Waals surface area contributed by atoms with Crippen molar-refractivity contribution in [3.8, 4) is 11.1 Å². The lowest BCUT2D eigenvalue weighted by atomic mass is 9.92. The van der Waals surface area contributed by atoms with Crippen molar-refractivity contribution in [3.05, 3.63) is 83.9 Å². The molecule has 0 bridgehead atoms. The molecule has 2 aromatic heterocycles. The molecule has 2 N–H and O–H groups in total. The van der Waals surface area contributed by atoms with Gasteiger partial charge in [-0.2, -0.15) is 13.2 Å². The van der Waals surface area contributed by atoms with Crippen molar-refractivity contribution in [1.82, 2.24) is 15.0 Å². The van der Waals surface area contributed by atoms with Crippen LogP contribution in [-0.2, 0) is 12.6 Å². The zero-order valence-corrected chi connectivity index (χ0v) is 14.6. The molecule has 0 saturated heterocycles. The number of benzene rings is 2. The van der Waals surface area contributed by atoms with Crippen LogP contribution in [0.5, 0.6) is 0 Å². The summed E-state index contributed by atoms with van der Waals surface area (Å²) in [5, 5.41) is 0.410. The highest BCUT2D eigenvalue weighted by atomic mass is 19.4. The quantitative estimate of drug-likeness (QED) is 0.550. The van der Waals surface area contributed by atoms with Crippen molar-refractivity contribution < 1.29 is 13.2 Å². The van der Waals surface area contributed by atoms with E-state index in [1.54, 1.807) is 18.3 Å². The summed E-state index contributed by atoms with van der Waals surface area (Å²) in [7, 11) is 0. The van der Waals surface area contributed by atoms with Crippen molar-refractivity contribution in [3.63, 3.8) is 0 Å². The number of aromatic nitrogens is 3. The maximum Gasteiger partial charge on any atom is 0.451 e. The first-order valence-electron chi connectivity index (χ1n) is 8.55. The van der Waals surface area contributed by atoms with Crippen LogP contribution in [0.3, 0.4) is 0 Å². The third-order valence-electron chi connectivity index (χ3n) is 4.39. The van der Waals surface area contributed by atoms with Gasteiger partial charge in [0, 0.05) is 18.3 Å². The van der Waals surface area contributed by atoms with E-state index in [2.05, 4.69) is 15.0 Å². The predicted molar refractivity (Wildman–Crippen MR) is 101 cm³/mol. The Morgan fingerprint density at radius 1 is 0.857 bits per heavy atom. The van der Waals surface area contributed by atoms with Crippen LogP contribution in [-0.4, -0.2) is 15.0 Å². The molecule has 0 saturated carbocycles. The fraction of sp³-hybridized carbons (Fsp3) is 0.0952. The first-order valence-corrected chi connectivity index (χ1v) is 8.55. The van der Waals surface area contributed by atoms with Gasteiger partial charge in [-0.3, -0.25) is 4.98 Å². The Morgan fingerprint density at radius 3 is 2.29 bits per heavy atom. The van der Waals surface area contributed by atoms with Gasteiger partial charge in [0.15, 0.2) is 0 Å². The third-order valence-corrected chi connectivity index (χ3v) is 4.39. The van der Waals surface area contributed by atoms with Gasteiger partial charge < -0.3 is 5.73 Å². The van der Waals surface area contributed by atoms with Crippen LogP contribution in [0, 0.1) is 0 Å². The molecule has 0 unspecified atom stereocenters. The topological polar surface area (TPSA) is 64.7 Å². The van der Waals surface area contributed by atoms with E-state index in [0.29, 0.717) is 11.8 Å². The van der Waals surface area contributed by atoms with Crippen LogP contribution in [0.15, 0.2) is 66.9 Å². The number of anilines is 1. The molecule has 2 heterocycles. The number of fused-ring (bicyclic) bond motifs is 1. The smallest absolute Gasteiger partial charge is 0.383 e. The van der Waals surface area contributed by atoms with E-state index in [1.165, 1.54) is 0 Å². The number of hydrogen-bond acceptors (Lipinski definition) is 4. The summed E-state index contributed by atoms with van der Waals surface area (Å²) in [6.45, 7) is 0. The van der Waals surface area contributed by atoms with E-state index in [0.717, 1.165) is 22.4 Å². The molecule has 4 aromatic rings. The Hall–Kier alpha value is -3.48. The number of rotatable bonds is 3.